The Labute approximate surface area is 66.2 Å². The molecule has 0 aromatic heterocycles. The van der Waals surface area contributed by atoms with Gasteiger partial charge in [-0.2, -0.15) is 0 Å². The normalized spacial score (nSPS) is 36.7. The van der Waals surface area contributed by atoms with Gasteiger partial charge in [0.2, 0.25) is 0 Å². The van der Waals surface area contributed by atoms with Crippen LogP contribution in [0.3, 0.4) is 0 Å². The van der Waals surface area contributed by atoms with Crippen LogP contribution in [0.15, 0.2) is 5.11 Å². The molecule has 0 aromatic carbocycles. The molecule has 4 nitrogen and oxygen atoms in total. The SMILES string of the molecule is CC[C@H]1OC(N=[N+]=[N-])C[C@H]1C. The summed E-state index contributed by atoms with van der Waals surface area (Å²) in [6, 6.07) is 0. The fourth-order valence-corrected chi connectivity index (χ4v) is 1.49. The van der Waals surface area contributed by atoms with E-state index < -0.39 is 0 Å². The van der Waals surface area contributed by atoms with Gasteiger partial charge in [0.1, 0.15) is 6.23 Å². The van der Waals surface area contributed by atoms with Crippen molar-refractivity contribution in [3.63, 3.8) is 0 Å². The van der Waals surface area contributed by atoms with Gasteiger partial charge in [-0.05, 0) is 24.3 Å². The predicted octanol–water partition coefficient (Wildman–Crippen LogP) is 2.46. The van der Waals surface area contributed by atoms with Crippen molar-refractivity contribution in [3.8, 4) is 0 Å². The van der Waals surface area contributed by atoms with Crippen molar-refractivity contribution in [1.29, 1.82) is 0 Å². The largest absolute Gasteiger partial charge is 0.369 e. The Bertz CT molecular complexity index is 177. The van der Waals surface area contributed by atoms with E-state index in [1.807, 2.05) is 0 Å². The highest BCUT2D eigenvalue weighted by Gasteiger charge is 2.29. The van der Waals surface area contributed by atoms with Crippen LogP contribution in [0.1, 0.15) is 26.7 Å². The number of hydrogen-bond donors (Lipinski definition) is 0. The average molecular weight is 155 g/mol. The van der Waals surface area contributed by atoms with E-state index in [9.17, 15) is 0 Å². The quantitative estimate of drug-likeness (QED) is 0.343. The molecule has 0 N–H and O–H groups in total. The van der Waals surface area contributed by atoms with Gasteiger partial charge in [0, 0.05) is 4.91 Å². The second kappa shape index (κ2) is 3.60. The van der Waals surface area contributed by atoms with E-state index in [2.05, 4.69) is 23.9 Å². The lowest BCUT2D eigenvalue weighted by Crippen LogP contribution is -2.11. The predicted molar refractivity (Wildman–Crippen MR) is 41.9 cm³/mol. The molecule has 1 aliphatic heterocycles. The number of azide groups is 1. The molecular weight excluding hydrogens is 142 g/mol. The van der Waals surface area contributed by atoms with Crippen LogP contribution in [0.2, 0.25) is 0 Å². The summed E-state index contributed by atoms with van der Waals surface area (Å²) in [6.45, 7) is 4.21. The van der Waals surface area contributed by atoms with Crippen LogP contribution in [-0.2, 0) is 4.74 Å². The molecule has 1 rings (SSSR count). The average Bonchev–Trinajstić information content (AvgIpc) is 2.32. The van der Waals surface area contributed by atoms with Crippen LogP contribution in [0.4, 0.5) is 0 Å². The first-order chi connectivity index (χ1) is 5.27. The lowest BCUT2D eigenvalue weighted by atomic mass is 10.0. The molecule has 0 aromatic rings. The molecule has 1 saturated heterocycles. The Morgan fingerprint density at radius 2 is 2.45 bits per heavy atom. The summed E-state index contributed by atoms with van der Waals surface area (Å²) in [6.07, 6.45) is 1.92. The van der Waals surface area contributed by atoms with Crippen LogP contribution < -0.4 is 0 Å². The van der Waals surface area contributed by atoms with Crippen LogP contribution in [0, 0.1) is 5.92 Å². The fraction of sp³-hybridized carbons (Fsp3) is 1.00. The third-order valence-corrected chi connectivity index (χ3v) is 2.12. The first-order valence-electron chi connectivity index (χ1n) is 3.97. The summed E-state index contributed by atoms with van der Waals surface area (Å²) in [5, 5.41) is 3.53. The van der Waals surface area contributed by atoms with Gasteiger partial charge in [-0.1, -0.05) is 19.0 Å². The summed E-state index contributed by atoms with van der Waals surface area (Å²) in [5.74, 6) is 0.524. The van der Waals surface area contributed by atoms with E-state index in [0.29, 0.717) is 5.92 Å². The maximum Gasteiger partial charge on any atom is 0.137 e. The third-order valence-electron chi connectivity index (χ3n) is 2.12. The van der Waals surface area contributed by atoms with Gasteiger partial charge in [-0.3, -0.25) is 0 Å². The van der Waals surface area contributed by atoms with Crippen LogP contribution >= 0.6 is 0 Å². The van der Waals surface area contributed by atoms with Crippen LogP contribution in [0.25, 0.3) is 10.4 Å². The molecule has 0 bridgehead atoms. The van der Waals surface area contributed by atoms with E-state index >= 15 is 0 Å². The molecule has 0 spiro atoms. The zero-order valence-corrected chi connectivity index (χ0v) is 6.90. The third kappa shape index (κ3) is 1.85. The molecule has 4 heteroatoms. The molecule has 1 aliphatic rings. The Balaban J connectivity index is 2.48. The summed E-state index contributed by atoms with van der Waals surface area (Å²) in [4.78, 5) is 2.72. The maximum atomic E-state index is 8.15. The first-order valence-corrected chi connectivity index (χ1v) is 3.97. The van der Waals surface area contributed by atoms with Crippen LogP contribution in [0.5, 0.6) is 0 Å². The molecule has 3 atom stereocenters. The molecule has 1 fully saturated rings. The standard InChI is InChI=1S/C7H13N3O/c1-3-6-5(2)4-7(11-6)9-10-8/h5-7H,3-4H2,1-2H3/t5-,6-,7?/m1/s1. The van der Waals surface area contributed by atoms with Gasteiger partial charge < -0.3 is 4.74 Å². The highest BCUT2D eigenvalue weighted by atomic mass is 16.5. The zero-order chi connectivity index (χ0) is 8.27. The molecular formula is C7H13N3O. The number of rotatable bonds is 2. The van der Waals surface area contributed by atoms with Crippen molar-refractivity contribution in [3.05, 3.63) is 10.4 Å². The molecule has 0 radical (unpaired) electrons. The molecule has 11 heavy (non-hydrogen) atoms. The Morgan fingerprint density at radius 1 is 1.73 bits per heavy atom. The smallest absolute Gasteiger partial charge is 0.137 e. The Hall–Kier alpha value is -0.730. The fourth-order valence-electron chi connectivity index (χ4n) is 1.49. The lowest BCUT2D eigenvalue weighted by molar-refractivity contribution is 0.0380. The number of hydrogen-bond acceptors (Lipinski definition) is 2. The van der Waals surface area contributed by atoms with E-state index in [0.717, 1.165) is 12.8 Å². The summed E-state index contributed by atoms with van der Waals surface area (Å²) >= 11 is 0. The number of nitrogens with zero attached hydrogens (tertiary/aromatic N) is 3. The first kappa shape index (κ1) is 8.37. The lowest BCUT2D eigenvalue weighted by Gasteiger charge is -2.10. The minimum atomic E-state index is -0.222. The highest BCUT2D eigenvalue weighted by Crippen LogP contribution is 2.28. The topological polar surface area (TPSA) is 58.0 Å². The minimum Gasteiger partial charge on any atom is -0.369 e. The van der Waals surface area contributed by atoms with Gasteiger partial charge in [0.15, 0.2) is 0 Å². The molecule has 62 valence electrons. The van der Waals surface area contributed by atoms with Crippen molar-refractivity contribution in [2.45, 2.75) is 39.0 Å². The van der Waals surface area contributed by atoms with E-state index in [1.54, 1.807) is 0 Å². The van der Waals surface area contributed by atoms with Crippen molar-refractivity contribution in [2.75, 3.05) is 0 Å². The van der Waals surface area contributed by atoms with Gasteiger partial charge in [0.05, 0.1) is 6.10 Å². The highest BCUT2D eigenvalue weighted by molar-refractivity contribution is 4.77. The van der Waals surface area contributed by atoms with Gasteiger partial charge >= 0.3 is 0 Å². The second-order valence-electron chi connectivity index (χ2n) is 2.96. The molecule has 1 unspecified atom stereocenters. The van der Waals surface area contributed by atoms with Crippen molar-refractivity contribution in [2.24, 2.45) is 11.0 Å². The Kier molecular flexibility index (Phi) is 2.74. The maximum absolute atomic E-state index is 8.15. The van der Waals surface area contributed by atoms with E-state index in [4.69, 9.17) is 10.3 Å². The summed E-state index contributed by atoms with van der Waals surface area (Å²) < 4.78 is 5.44. The zero-order valence-electron chi connectivity index (χ0n) is 6.90. The van der Waals surface area contributed by atoms with Crippen molar-refractivity contribution < 1.29 is 4.74 Å². The van der Waals surface area contributed by atoms with E-state index in [-0.39, 0.29) is 12.3 Å². The molecule has 0 amide bonds. The van der Waals surface area contributed by atoms with Crippen molar-refractivity contribution >= 4 is 0 Å². The van der Waals surface area contributed by atoms with Gasteiger partial charge in [-0.25, -0.2) is 0 Å². The Morgan fingerprint density at radius 3 is 2.91 bits per heavy atom. The molecule has 0 aliphatic carbocycles. The summed E-state index contributed by atoms with van der Waals surface area (Å²) in [5.41, 5.74) is 8.15. The second-order valence-corrected chi connectivity index (χ2v) is 2.96. The minimum absolute atomic E-state index is 0.222. The van der Waals surface area contributed by atoms with Crippen LogP contribution in [-0.4, -0.2) is 12.3 Å². The number of ether oxygens (including phenoxy) is 1. The molecule has 0 saturated carbocycles. The van der Waals surface area contributed by atoms with Crippen molar-refractivity contribution in [1.82, 2.24) is 0 Å². The van der Waals surface area contributed by atoms with Gasteiger partial charge in [-0.15, -0.1) is 0 Å². The molecule has 1 heterocycles. The summed E-state index contributed by atoms with van der Waals surface area (Å²) in [7, 11) is 0. The van der Waals surface area contributed by atoms with Gasteiger partial charge in [0.25, 0.3) is 0 Å². The monoisotopic (exact) mass is 155 g/mol. The van der Waals surface area contributed by atoms with E-state index in [1.165, 1.54) is 0 Å².